The number of halogens is 1. The Balaban J connectivity index is 2.28. The van der Waals surface area contributed by atoms with Gasteiger partial charge in [0, 0.05) is 35.0 Å². The molecule has 0 aromatic heterocycles. The van der Waals surface area contributed by atoms with Gasteiger partial charge in [0.25, 0.3) is 0 Å². The Morgan fingerprint density at radius 3 is 2.45 bits per heavy atom. The summed E-state index contributed by atoms with van der Waals surface area (Å²) in [5.74, 6) is 0. The van der Waals surface area contributed by atoms with Crippen LogP contribution >= 0.6 is 15.9 Å². The molecule has 0 saturated heterocycles. The van der Waals surface area contributed by atoms with Crippen molar-refractivity contribution in [2.45, 2.75) is 6.61 Å². The number of anilines is 2. The van der Waals surface area contributed by atoms with Crippen LogP contribution in [0.2, 0.25) is 0 Å². The van der Waals surface area contributed by atoms with Crippen LogP contribution in [0.1, 0.15) is 11.1 Å². The molecule has 2 aromatic carbocycles. The molecule has 22 heavy (non-hydrogen) atoms. The van der Waals surface area contributed by atoms with Crippen molar-refractivity contribution >= 4 is 33.0 Å². The smallest absolute Gasteiger partial charge is 0.0682 e. The minimum atomic E-state index is 0.0334. The number of nitrogens with two attached hydrogens (primary N) is 1. The van der Waals surface area contributed by atoms with E-state index in [4.69, 9.17) is 5.73 Å². The molecule has 0 radical (unpaired) electrons. The number of aliphatic hydroxyl groups excluding tert-OH is 1. The fourth-order valence-electron chi connectivity index (χ4n) is 2.21. The molecule has 0 saturated carbocycles. The minimum Gasteiger partial charge on any atom is -0.392 e. The lowest BCUT2D eigenvalue weighted by Crippen LogP contribution is -2.11. The first-order chi connectivity index (χ1) is 10.7. The fourth-order valence-corrected chi connectivity index (χ4v) is 2.63. The van der Waals surface area contributed by atoms with Gasteiger partial charge in [0.1, 0.15) is 0 Å². The normalized spacial score (nSPS) is 11.8. The summed E-state index contributed by atoms with van der Waals surface area (Å²) in [6, 6.07) is 15.8. The van der Waals surface area contributed by atoms with Crippen LogP contribution in [0, 0.1) is 0 Å². The number of hydrogen-bond donors (Lipinski definition) is 4. The third kappa shape index (κ3) is 4.10. The zero-order valence-electron chi connectivity index (χ0n) is 12.4. The van der Waals surface area contributed by atoms with Crippen molar-refractivity contribution in [3.63, 3.8) is 0 Å². The summed E-state index contributed by atoms with van der Waals surface area (Å²) >= 11 is 3.49. The average molecular weight is 362 g/mol. The molecule has 0 aliphatic heterocycles. The number of aliphatic hydroxyl groups is 1. The van der Waals surface area contributed by atoms with E-state index in [9.17, 15) is 5.11 Å². The first-order valence-electron chi connectivity index (χ1n) is 7.01. The standard InChI is InChI=1S/C17H20BrN3O/c1-20-17(16(18)10-19)13-5-3-7-15(9-13)21-14-6-2-4-12(8-14)11-22/h2-9,20-22H,10-11,19H2,1H3/b17-16+. The van der Waals surface area contributed by atoms with Gasteiger partial charge in [0.2, 0.25) is 0 Å². The van der Waals surface area contributed by atoms with Gasteiger partial charge in [-0.1, -0.05) is 40.2 Å². The molecule has 4 nitrogen and oxygen atoms in total. The molecule has 0 spiro atoms. The molecule has 0 aliphatic rings. The molecule has 0 atom stereocenters. The van der Waals surface area contributed by atoms with Crippen molar-refractivity contribution in [2.24, 2.45) is 5.73 Å². The number of hydrogen-bond acceptors (Lipinski definition) is 4. The van der Waals surface area contributed by atoms with Crippen LogP contribution in [0.3, 0.4) is 0 Å². The summed E-state index contributed by atoms with van der Waals surface area (Å²) in [5.41, 5.74) is 10.5. The van der Waals surface area contributed by atoms with Crippen LogP contribution in [0.25, 0.3) is 5.70 Å². The highest BCUT2D eigenvalue weighted by Crippen LogP contribution is 2.24. The Morgan fingerprint density at radius 1 is 1.14 bits per heavy atom. The van der Waals surface area contributed by atoms with Crippen LogP contribution in [0.4, 0.5) is 11.4 Å². The van der Waals surface area contributed by atoms with Gasteiger partial charge in [-0.15, -0.1) is 0 Å². The Hall–Kier alpha value is -1.82. The average Bonchev–Trinajstić information content (AvgIpc) is 2.56. The lowest BCUT2D eigenvalue weighted by molar-refractivity contribution is 0.282. The quantitative estimate of drug-likeness (QED) is 0.637. The highest BCUT2D eigenvalue weighted by Gasteiger charge is 2.06. The van der Waals surface area contributed by atoms with E-state index in [1.807, 2.05) is 55.6 Å². The first kappa shape index (κ1) is 16.5. The predicted molar refractivity (Wildman–Crippen MR) is 96.1 cm³/mol. The van der Waals surface area contributed by atoms with Gasteiger partial charge in [-0.3, -0.25) is 0 Å². The molecule has 0 heterocycles. The van der Waals surface area contributed by atoms with Crippen molar-refractivity contribution in [2.75, 3.05) is 18.9 Å². The summed E-state index contributed by atoms with van der Waals surface area (Å²) in [5, 5.41) is 15.7. The maximum Gasteiger partial charge on any atom is 0.0682 e. The van der Waals surface area contributed by atoms with Gasteiger partial charge in [-0.25, -0.2) is 0 Å². The molecule has 116 valence electrons. The molecule has 0 unspecified atom stereocenters. The van der Waals surface area contributed by atoms with Crippen molar-refractivity contribution in [3.05, 3.63) is 64.1 Å². The molecule has 0 bridgehead atoms. The summed E-state index contributed by atoms with van der Waals surface area (Å²) in [6.45, 7) is 0.470. The third-order valence-electron chi connectivity index (χ3n) is 3.25. The number of benzene rings is 2. The predicted octanol–water partition coefficient (Wildman–Crippen LogP) is 3.16. The largest absolute Gasteiger partial charge is 0.392 e. The molecular weight excluding hydrogens is 342 g/mol. The second-order valence-electron chi connectivity index (χ2n) is 4.80. The highest BCUT2D eigenvalue weighted by atomic mass is 79.9. The number of nitrogens with one attached hydrogen (secondary N) is 2. The van der Waals surface area contributed by atoms with Crippen LogP contribution in [-0.2, 0) is 6.61 Å². The van der Waals surface area contributed by atoms with E-state index in [1.54, 1.807) is 0 Å². The third-order valence-corrected chi connectivity index (χ3v) is 3.97. The summed E-state index contributed by atoms with van der Waals surface area (Å²) in [7, 11) is 1.87. The maximum absolute atomic E-state index is 9.21. The SMILES string of the molecule is CN/C(=C(/Br)CN)c1cccc(Nc2cccc(CO)c2)c1. The van der Waals surface area contributed by atoms with Crippen molar-refractivity contribution in [1.82, 2.24) is 5.32 Å². The molecule has 0 amide bonds. The van der Waals surface area contributed by atoms with Crippen LogP contribution in [-0.4, -0.2) is 18.7 Å². The van der Waals surface area contributed by atoms with Gasteiger partial charge in [0.05, 0.1) is 12.3 Å². The van der Waals surface area contributed by atoms with Gasteiger partial charge in [-0.05, 0) is 29.8 Å². The zero-order valence-corrected chi connectivity index (χ0v) is 14.0. The molecule has 0 aliphatic carbocycles. The van der Waals surface area contributed by atoms with Crippen LogP contribution < -0.4 is 16.4 Å². The van der Waals surface area contributed by atoms with Crippen LogP contribution in [0.15, 0.2) is 53.0 Å². The van der Waals surface area contributed by atoms with Gasteiger partial charge in [0.15, 0.2) is 0 Å². The first-order valence-corrected chi connectivity index (χ1v) is 7.81. The molecule has 2 aromatic rings. The maximum atomic E-state index is 9.21. The second kappa shape index (κ2) is 7.98. The molecular formula is C17H20BrN3O. The monoisotopic (exact) mass is 361 g/mol. The van der Waals surface area contributed by atoms with E-state index in [0.29, 0.717) is 6.54 Å². The minimum absolute atomic E-state index is 0.0334. The molecule has 2 rings (SSSR count). The number of rotatable bonds is 6. The Morgan fingerprint density at radius 2 is 1.82 bits per heavy atom. The lowest BCUT2D eigenvalue weighted by Gasteiger charge is -2.13. The van der Waals surface area contributed by atoms with Crippen molar-refractivity contribution < 1.29 is 5.11 Å². The van der Waals surface area contributed by atoms with E-state index in [1.165, 1.54) is 0 Å². The summed E-state index contributed by atoms with van der Waals surface area (Å²) < 4.78 is 0.925. The second-order valence-corrected chi connectivity index (χ2v) is 5.76. The van der Waals surface area contributed by atoms with Crippen LogP contribution in [0.5, 0.6) is 0 Å². The Kier molecular flexibility index (Phi) is 6.00. The van der Waals surface area contributed by atoms with Crippen molar-refractivity contribution in [1.29, 1.82) is 0 Å². The van der Waals surface area contributed by atoms with Crippen molar-refractivity contribution in [3.8, 4) is 0 Å². The van der Waals surface area contributed by atoms with Gasteiger partial charge >= 0.3 is 0 Å². The lowest BCUT2D eigenvalue weighted by atomic mass is 10.1. The van der Waals surface area contributed by atoms with E-state index >= 15 is 0 Å². The van der Waals surface area contributed by atoms with Gasteiger partial charge in [-0.2, -0.15) is 0 Å². The van der Waals surface area contributed by atoms with E-state index in [2.05, 4.69) is 26.6 Å². The van der Waals surface area contributed by atoms with E-state index in [0.717, 1.165) is 32.7 Å². The van der Waals surface area contributed by atoms with E-state index in [-0.39, 0.29) is 6.61 Å². The Labute approximate surface area is 139 Å². The summed E-state index contributed by atoms with van der Waals surface area (Å²) in [6.07, 6.45) is 0. The topological polar surface area (TPSA) is 70.3 Å². The van der Waals surface area contributed by atoms with Gasteiger partial charge < -0.3 is 21.5 Å². The molecule has 5 heteroatoms. The summed E-state index contributed by atoms with van der Waals surface area (Å²) in [4.78, 5) is 0. The zero-order chi connectivity index (χ0) is 15.9. The fraction of sp³-hybridized carbons (Fsp3) is 0.176. The molecule has 5 N–H and O–H groups in total. The Bertz CT molecular complexity index is 670. The molecule has 0 fully saturated rings. The van der Waals surface area contributed by atoms with E-state index < -0.39 is 0 Å². The highest BCUT2D eigenvalue weighted by molar-refractivity contribution is 9.11.